The van der Waals surface area contributed by atoms with Crippen molar-refractivity contribution < 1.29 is 14.1 Å². The molecule has 0 aliphatic rings. The topological polar surface area (TPSA) is 135 Å². The number of hydrogen-bond acceptors (Lipinski definition) is 6. The Morgan fingerprint density at radius 2 is 1.69 bits per heavy atom. The molecule has 9 heteroatoms. The zero-order valence-corrected chi connectivity index (χ0v) is 17.2. The Morgan fingerprint density at radius 1 is 1.00 bits per heavy atom. The molecule has 9 nitrogen and oxygen atoms in total. The Bertz CT molecular complexity index is 1330. The number of urea groups is 1. The molecule has 160 valence electrons. The molecule has 4 rings (SSSR count). The number of aryl methyl sites for hydroxylation is 1. The van der Waals surface area contributed by atoms with E-state index in [1.165, 1.54) is 6.08 Å². The van der Waals surface area contributed by atoms with Gasteiger partial charge in [-0.1, -0.05) is 29.9 Å². The van der Waals surface area contributed by atoms with E-state index in [9.17, 15) is 9.59 Å². The van der Waals surface area contributed by atoms with Gasteiger partial charge in [0.2, 0.25) is 17.4 Å². The predicted molar refractivity (Wildman–Crippen MR) is 124 cm³/mol. The fourth-order valence-electron chi connectivity index (χ4n) is 3.23. The number of carbonyl (C=O) groups excluding carboxylic acids is 2. The largest absolute Gasteiger partial charge is 0.367 e. The second kappa shape index (κ2) is 8.60. The van der Waals surface area contributed by atoms with E-state index in [-0.39, 0.29) is 11.8 Å². The van der Waals surface area contributed by atoms with Crippen molar-refractivity contribution in [3.05, 3.63) is 72.9 Å². The minimum atomic E-state index is -0.421. The van der Waals surface area contributed by atoms with E-state index in [2.05, 4.69) is 32.7 Å². The van der Waals surface area contributed by atoms with Gasteiger partial charge in [-0.25, -0.2) is 9.78 Å². The lowest BCUT2D eigenvalue weighted by Crippen LogP contribution is -2.19. The summed E-state index contributed by atoms with van der Waals surface area (Å²) in [7, 11) is 0. The van der Waals surface area contributed by atoms with Crippen LogP contribution < -0.4 is 21.7 Å². The van der Waals surface area contributed by atoms with Crippen molar-refractivity contribution in [3.8, 4) is 11.1 Å². The van der Waals surface area contributed by atoms with E-state index < -0.39 is 6.03 Å². The van der Waals surface area contributed by atoms with Gasteiger partial charge in [0.1, 0.15) is 0 Å². The van der Waals surface area contributed by atoms with Gasteiger partial charge in [0.15, 0.2) is 0 Å². The maximum atomic E-state index is 12.4. The van der Waals surface area contributed by atoms with E-state index in [4.69, 9.17) is 10.3 Å². The van der Waals surface area contributed by atoms with Gasteiger partial charge in [-0.3, -0.25) is 4.79 Å². The Balaban J connectivity index is 1.47. The third-order valence-electron chi connectivity index (χ3n) is 4.63. The fourth-order valence-corrected chi connectivity index (χ4v) is 3.23. The summed E-state index contributed by atoms with van der Waals surface area (Å²) in [4.78, 5) is 28.1. The molecule has 0 aliphatic carbocycles. The Hall–Kier alpha value is -4.66. The quantitative estimate of drug-likeness (QED) is 0.344. The summed E-state index contributed by atoms with van der Waals surface area (Å²) < 4.78 is 5.07. The summed E-state index contributed by atoms with van der Waals surface area (Å²) in [6, 6.07) is 15.6. The number of nitrogens with zero attached hydrogens (tertiary/aromatic N) is 2. The number of rotatable bonds is 5. The third-order valence-corrected chi connectivity index (χ3v) is 4.63. The van der Waals surface area contributed by atoms with Gasteiger partial charge >= 0.3 is 6.03 Å². The maximum Gasteiger partial charge on any atom is 0.323 e. The zero-order chi connectivity index (χ0) is 22.7. The molecule has 0 aliphatic heterocycles. The minimum Gasteiger partial charge on any atom is -0.367 e. The van der Waals surface area contributed by atoms with Crippen LogP contribution in [0.5, 0.6) is 0 Å². The number of fused-ring (bicyclic) bond motifs is 1. The normalized spacial score (nSPS) is 10.5. The van der Waals surface area contributed by atoms with Crippen LogP contribution in [0.15, 0.2) is 71.8 Å². The van der Waals surface area contributed by atoms with Gasteiger partial charge < -0.3 is 26.2 Å². The highest BCUT2D eigenvalue weighted by Crippen LogP contribution is 2.32. The molecular formula is C23H20N6O3. The highest BCUT2D eigenvalue weighted by molar-refractivity contribution is 6.02. The molecule has 0 fully saturated rings. The van der Waals surface area contributed by atoms with Crippen molar-refractivity contribution in [1.82, 2.24) is 10.1 Å². The van der Waals surface area contributed by atoms with Crippen molar-refractivity contribution in [2.24, 2.45) is 0 Å². The van der Waals surface area contributed by atoms with Crippen molar-refractivity contribution in [2.45, 2.75) is 6.92 Å². The first kappa shape index (κ1) is 20.6. The molecule has 0 spiro atoms. The molecule has 2 aromatic carbocycles. The highest BCUT2D eigenvalue weighted by Gasteiger charge is 2.14. The third kappa shape index (κ3) is 4.41. The highest BCUT2D eigenvalue weighted by atomic mass is 16.5. The van der Waals surface area contributed by atoms with Gasteiger partial charge in [0, 0.05) is 28.3 Å². The predicted octanol–water partition coefficient (Wildman–Crippen LogP) is 4.55. The summed E-state index contributed by atoms with van der Waals surface area (Å²) in [5.41, 5.74) is 10.6. The summed E-state index contributed by atoms with van der Waals surface area (Å²) in [6.45, 7) is 5.28. The van der Waals surface area contributed by atoms with Crippen molar-refractivity contribution >= 4 is 45.9 Å². The van der Waals surface area contributed by atoms with E-state index in [1.807, 2.05) is 25.1 Å². The molecule has 32 heavy (non-hydrogen) atoms. The SMILES string of the molecule is C=CC(=O)Nc1cccc(NC(=O)Nc2ccc(-c3cc(C)nc4noc(N)c34)cc2)c1. The summed E-state index contributed by atoms with van der Waals surface area (Å²) in [5.74, 6) is -0.128. The van der Waals surface area contributed by atoms with Gasteiger partial charge in [-0.2, -0.15) is 0 Å². The maximum absolute atomic E-state index is 12.4. The number of carbonyl (C=O) groups is 2. The molecule has 0 saturated heterocycles. The first-order chi connectivity index (χ1) is 15.4. The van der Waals surface area contributed by atoms with Crippen molar-refractivity contribution in [3.63, 3.8) is 0 Å². The average molecular weight is 428 g/mol. The standard InChI is InChI=1S/C23H20N6O3/c1-3-19(30)26-16-5-4-6-17(12-16)28-23(31)27-15-9-7-14(8-10-15)18-11-13(2)25-22-20(18)21(24)32-29-22/h3-12H,1,24H2,2H3,(H,26,30)(H2,27,28,31). The van der Waals surface area contributed by atoms with E-state index in [0.717, 1.165) is 16.8 Å². The van der Waals surface area contributed by atoms with E-state index in [1.54, 1.807) is 36.4 Å². The molecule has 2 heterocycles. The Labute approximate surface area is 183 Å². The Kier molecular flexibility index (Phi) is 5.54. The Morgan fingerprint density at radius 3 is 2.41 bits per heavy atom. The van der Waals surface area contributed by atoms with E-state index in [0.29, 0.717) is 28.1 Å². The summed E-state index contributed by atoms with van der Waals surface area (Å²) >= 11 is 0. The number of nitrogen functional groups attached to an aromatic ring is 1. The summed E-state index contributed by atoms with van der Waals surface area (Å²) in [5, 5.41) is 12.7. The van der Waals surface area contributed by atoms with Crippen LogP contribution >= 0.6 is 0 Å². The molecule has 0 saturated carbocycles. The van der Waals surface area contributed by atoms with Gasteiger partial charge in [0.05, 0.1) is 5.39 Å². The fraction of sp³-hybridized carbons (Fsp3) is 0.0435. The van der Waals surface area contributed by atoms with Crippen molar-refractivity contribution in [2.75, 3.05) is 21.7 Å². The number of pyridine rings is 1. The van der Waals surface area contributed by atoms with Crippen LogP contribution in [0.3, 0.4) is 0 Å². The molecule has 3 amide bonds. The minimum absolute atomic E-state index is 0.204. The second-order valence-corrected chi connectivity index (χ2v) is 6.99. The molecule has 0 bridgehead atoms. The first-order valence-corrected chi connectivity index (χ1v) is 9.67. The average Bonchev–Trinajstić information content (AvgIpc) is 3.14. The zero-order valence-electron chi connectivity index (χ0n) is 17.2. The van der Waals surface area contributed by atoms with Crippen LogP contribution in [-0.4, -0.2) is 22.1 Å². The number of aromatic nitrogens is 2. The molecular weight excluding hydrogens is 408 g/mol. The van der Waals surface area contributed by atoms with Crippen LogP contribution in [0.4, 0.5) is 27.7 Å². The molecule has 2 aromatic heterocycles. The molecule has 0 radical (unpaired) electrons. The number of hydrogen-bond donors (Lipinski definition) is 4. The number of amides is 3. The molecule has 0 atom stereocenters. The van der Waals surface area contributed by atoms with Crippen LogP contribution in [0.1, 0.15) is 5.69 Å². The van der Waals surface area contributed by atoms with E-state index >= 15 is 0 Å². The molecule has 0 unspecified atom stereocenters. The lowest BCUT2D eigenvalue weighted by atomic mass is 10.0. The lowest BCUT2D eigenvalue weighted by molar-refractivity contribution is -0.111. The smallest absolute Gasteiger partial charge is 0.323 e. The van der Waals surface area contributed by atoms with Gasteiger partial charge in [-0.15, -0.1) is 0 Å². The number of nitrogens with one attached hydrogen (secondary N) is 3. The van der Waals surface area contributed by atoms with Gasteiger partial charge in [-0.05, 0) is 55.0 Å². The van der Waals surface area contributed by atoms with Crippen LogP contribution in [0, 0.1) is 6.92 Å². The second-order valence-electron chi connectivity index (χ2n) is 6.99. The molecule has 5 N–H and O–H groups in total. The summed E-state index contributed by atoms with van der Waals surface area (Å²) in [6.07, 6.45) is 1.17. The molecule has 4 aromatic rings. The lowest BCUT2D eigenvalue weighted by Gasteiger charge is -2.10. The van der Waals surface area contributed by atoms with Crippen LogP contribution in [0.2, 0.25) is 0 Å². The first-order valence-electron chi connectivity index (χ1n) is 9.67. The van der Waals surface area contributed by atoms with Crippen LogP contribution in [0.25, 0.3) is 22.2 Å². The van der Waals surface area contributed by atoms with Crippen molar-refractivity contribution in [1.29, 1.82) is 0 Å². The number of benzene rings is 2. The van der Waals surface area contributed by atoms with Crippen LogP contribution in [-0.2, 0) is 4.79 Å². The monoisotopic (exact) mass is 428 g/mol. The van der Waals surface area contributed by atoms with Gasteiger partial charge in [0.25, 0.3) is 0 Å². The number of anilines is 4. The number of nitrogens with two attached hydrogens (primary N) is 1.